The van der Waals surface area contributed by atoms with Crippen LogP contribution in [0.5, 0.6) is 11.5 Å². The number of hydrogen-bond acceptors (Lipinski definition) is 20. The molecule has 8 aromatic rings. The second kappa shape index (κ2) is 30.9. The minimum Gasteiger partial charge on any atom is -0.872 e. The quantitative estimate of drug-likeness (QED) is 0.0292. The number of rotatable bonds is 14. The van der Waals surface area contributed by atoms with E-state index in [4.69, 9.17) is 9.98 Å². The summed E-state index contributed by atoms with van der Waals surface area (Å²) in [4.78, 5) is 36.8. The molecule has 0 atom stereocenters. The number of aromatic nitrogens is 6. The SMILES string of the molecule is CC(C)(C)c1cc(N=c2[nH]c(Nc3ccc(S(=O)(=O)[O-])cc3)nc(=Nc3ccc(/C=C/c4ccc(N=c5nc(Nc6ccc(S(=O)(=O)[O-])cc6)[nH]c(=Nc6cc(C(C)(C)C)c([O-])c(C(C)(C)C)c6)[nH]5)cc4S(=O)(=O)O)c(S(=O)(=O)O)c3)[nH]2)cc(C(C)(C)C)c1[O-].[Na+].[Na+].[Na+].[Na+]. The first-order valence-electron chi connectivity index (χ1n) is 27.3. The van der Waals surface area contributed by atoms with E-state index in [1.54, 1.807) is 24.3 Å². The number of anilines is 4. The van der Waals surface area contributed by atoms with Crippen molar-refractivity contribution in [3.63, 3.8) is 0 Å². The summed E-state index contributed by atoms with van der Waals surface area (Å²) >= 11 is 0. The maximum absolute atomic E-state index is 13.7. The van der Waals surface area contributed by atoms with Crippen molar-refractivity contribution in [2.24, 2.45) is 20.0 Å². The van der Waals surface area contributed by atoms with Gasteiger partial charge in [-0.25, -0.2) is 36.8 Å². The molecule has 0 fully saturated rings. The van der Waals surface area contributed by atoms with Crippen molar-refractivity contribution in [1.29, 1.82) is 0 Å². The van der Waals surface area contributed by atoms with Gasteiger partial charge in [0, 0.05) is 11.4 Å². The van der Waals surface area contributed by atoms with Gasteiger partial charge < -0.3 is 30.0 Å². The molecule has 6 aromatic carbocycles. The van der Waals surface area contributed by atoms with E-state index in [1.807, 2.05) is 83.1 Å². The predicted molar refractivity (Wildman–Crippen MR) is 330 cm³/mol. The number of H-pyrrole nitrogens is 4. The Hall–Kier alpha value is -4.88. The predicted octanol–water partition coefficient (Wildman–Crippen LogP) is -3.97. The van der Waals surface area contributed by atoms with Crippen LogP contribution in [0.25, 0.3) is 12.2 Å². The van der Waals surface area contributed by atoms with Crippen LogP contribution in [0.3, 0.4) is 0 Å². The number of nitrogens with one attached hydrogen (secondary N) is 6. The molecule has 8 N–H and O–H groups in total. The standard InChI is InChI=1S/C60H68N12O14S4.4Na/c1-57(2,3)43-27-39(28-44(49(43)73)58(4,5)6)65-55-69-51(61-35-19-23-41(24-20-35)87(75,76)77)67-53(71-55)63-37-17-15-33(47(31-37)89(81,82)83)13-14-34-16-18-38(32-48(34)90(84,85)86)64-54-68-52(62-36-21-25-42(26-22-36)88(78,79)80)70-56(72-54)66-40-29-45(59(7,8)9)50(74)46(30-40)60(10,11)12;;;;/h13-32,73-74H,1-12H3,(H,75,76,77)(H,78,79,80)(H,81,82,83)(H,84,85,86)(H3,61,63,65,67,69,71)(H3,62,64,66,68,70,72);;;;/q;4*+1/p-4/b14-13+;;;;. The number of benzene rings is 6. The maximum Gasteiger partial charge on any atom is 1.00 e. The Bertz CT molecular complexity index is 4590. The topological polar surface area (TPSA) is 432 Å². The van der Waals surface area contributed by atoms with E-state index in [2.05, 4.69) is 50.5 Å². The Morgan fingerprint density at radius 3 is 0.957 bits per heavy atom. The minimum atomic E-state index is -5.08. The average molecular weight is 1400 g/mol. The minimum absolute atomic E-state index is 0. The van der Waals surface area contributed by atoms with E-state index in [-0.39, 0.29) is 198 Å². The van der Waals surface area contributed by atoms with Crippen molar-refractivity contribution >= 4 is 98.6 Å². The van der Waals surface area contributed by atoms with E-state index < -0.39 is 81.7 Å². The molecule has 8 rings (SSSR count). The van der Waals surface area contributed by atoms with Crippen LogP contribution in [0.2, 0.25) is 0 Å². The second-order valence-electron chi connectivity index (χ2n) is 24.9. The zero-order chi connectivity index (χ0) is 66.5. The fourth-order valence-corrected chi connectivity index (χ4v) is 11.4. The van der Waals surface area contributed by atoms with Gasteiger partial charge in [0.2, 0.25) is 34.4 Å². The van der Waals surface area contributed by atoms with Gasteiger partial charge in [-0.05, 0) is 152 Å². The Morgan fingerprint density at radius 1 is 0.415 bits per heavy atom. The summed E-state index contributed by atoms with van der Waals surface area (Å²) < 4.78 is 143. The van der Waals surface area contributed by atoms with E-state index in [1.165, 1.54) is 48.5 Å². The molecule has 0 saturated heterocycles. The zero-order valence-electron chi connectivity index (χ0n) is 54.7. The van der Waals surface area contributed by atoms with Crippen molar-refractivity contribution in [1.82, 2.24) is 29.9 Å². The Balaban J connectivity index is 0.00000470. The van der Waals surface area contributed by atoms with Crippen LogP contribution in [0.15, 0.2) is 149 Å². The van der Waals surface area contributed by atoms with Crippen molar-refractivity contribution in [2.45, 2.75) is 124 Å². The fourth-order valence-electron chi connectivity index (χ4n) is 9.02. The number of nitrogens with zero attached hydrogens (tertiary/aromatic N) is 6. The third-order valence-corrected chi connectivity index (χ3v) is 17.0. The Kier molecular flexibility index (Phi) is 26.8. The van der Waals surface area contributed by atoms with E-state index >= 15 is 0 Å². The molecule has 94 heavy (non-hydrogen) atoms. The summed E-state index contributed by atoms with van der Waals surface area (Å²) in [5, 5.41) is 33.3. The molecule has 26 nitrogen and oxygen atoms in total. The first-order chi connectivity index (χ1) is 41.4. The van der Waals surface area contributed by atoms with Gasteiger partial charge in [0.1, 0.15) is 30.0 Å². The van der Waals surface area contributed by atoms with Gasteiger partial charge in [-0.3, -0.25) is 29.0 Å². The van der Waals surface area contributed by atoms with Gasteiger partial charge in [-0.1, -0.05) is 107 Å². The summed E-state index contributed by atoms with van der Waals surface area (Å²) in [5.74, 6) is -0.389. The first-order valence-corrected chi connectivity index (χ1v) is 33.0. The Morgan fingerprint density at radius 2 is 0.702 bits per heavy atom. The summed E-state index contributed by atoms with van der Waals surface area (Å²) in [7, 11) is -19.7. The summed E-state index contributed by atoms with van der Waals surface area (Å²) in [6.45, 7) is 22.7. The van der Waals surface area contributed by atoms with Crippen molar-refractivity contribution in [2.75, 3.05) is 10.6 Å². The van der Waals surface area contributed by atoms with Gasteiger partial charge in [0.25, 0.3) is 20.2 Å². The molecule has 2 aromatic heterocycles. The molecule has 476 valence electrons. The zero-order valence-corrected chi connectivity index (χ0v) is 65.9. The summed E-state index contributed by atoms with van der Waals surface area (Å²) in [6, 6.07) is 23.3. The third kappa shape index (κ3) is 21.3. The van der Waals surface area contributed by atoms with E-state index in [9.17, 15) is 62.1 Å². The molecule has 0 bridgehead atoms. The van der Waals surface area contributed by atoms with Crippen LogP contribution >= 0.6 is 0 Å². The molecule has 0 aliphatic heterocycles. The molecule has 0 spiro atoms. The van der Waals surface area contributed by atoms with Gasteiger partial charge >= 0.3 is 118 Å². The number of hydrogen-bond donors (Lipinski definition) is 8. The van der Waals surface area contributed by atoms with Crippen LogP contribution in [-0.4, -0.2) is 81.8 Å². The summed E-state index contributed by atoms with van der Waals surface area (Å²) in [6.07, 6.45) is 2.32. The Labute approximate surface area is 632 Å². The summed E-state index contributed by atoms with van der Waals surface area (Å²) in [5.41, 5.74) is -0.151. The van der Waals surface area contributed by atoms with E-state index in [0.717, 1.165) is 48.6 Å². The van der Waals surface area contributed by atoms with Crippen molar-refractivity contribution in [3.05, 3.63) is 165 Å². The molecular formula is C60H64N12Na4O14S4. The fraction of sp³-hybridized carbons (Fsp3) is 0.267. The van der Waals surface area contributed by atoms with Crippen molar-refractivity contribution < 1.29 is 180 Å². The van der Waals surface area contributed by atoms with Gasteiger partial charge in [-0.15, -0.1) is 11.5 Å². The molecular weight excluding hydrogens is 1330 g/mol. The molecule has 0 radical (unpaired) electrons. The second-order valence-corrected chi connectivity index (χ2v) is 30.4. The van der Waals surface area contributed by atoms with Crippen LogP contribution in [0.4, 0.5) is 46.0 Å². The van der Waals surface area contributed by atoms with Crippen LogP contribution < -0.4 is 162 Å². The molecule has 0 aliphatic rings. The normalized spacial score (nSPS) is 13.4. The smallest absolute Gasteiger partial charge is 0.872 e. The maximum atomic E-state index is 13.7. The van der Waals surface area contributed by atoms with Crippen LogP contribution in [0, 0.1) is 0 Å². The molecule has 2 heterocycles. The molecule has 0 unspecified atom stereocenters. The first kappa shape index (κ1) is 81.5. The third-order valence-electron chi connectivity index (χ3n) is 13.5. The monoisotopic (exact) mass is 1400 g/mol. The van der Waals surface area contributed by atoms with Gasteiger partial charge in [-0.2, -0.15) is 26.8 Å². The van der Waals surface area contributed by atoms with Crippen molar-refractivity contribution in [3.8, 4) is 11.5 Å². The van der Waals surface area contributed by atoms with Crippen LogP contribution in [-0.2, 0) is 62.1 Å². The number of aromatic amines is 4. The van der Waals surface area contributed by atoms with Crippen LogP contribution in [0.1, 0.15) is 116 Å². The molecule has 0 amide bonds. The average Bonchev–Trinajstić information content (AvgIpc) is 0.794. The largest absolute Gasteiger partial charge is 1.00 e. The van der Waals surface area contributed by atoms with E-state index in [0.29, 0.717) is 33.6 Å². The van der Waals surface area contributed by atoms with Gasteiger partial charge in [0.15, 0.2) is 0 Å². The molecule has 0 saturated carbocycles. The molecule has 0 aliphatic carbocycles. The van der Waals surface area contributed by atoms with Gasteiger partial charge in [0.05, 0.1) is 32.5 Å². The molecule has 34 heteroatoms.